The maximum Gasteiger partial charge on any atom is 0.194 e. The molecule has 2 aromatic rings. The summed E-state index contributed by atoms with van der Waals surface area (Å²) in [4.78, 5) is 8.30. The Labute approximate surface area is 124 Å². The van der Waals surface area contributed by atoms with Crippen LogP contribution in [0.3, 0.4) is 0 Å². The molecule has 1 N–H and O–H groups in total. The van der Waals surface area contributed by atoms with Gasteiger partial charge in [-0.1, -0.05) is 6.42 Å². The van der Waals surface area contributed by atoms with Gasteiger partial charge in [0.2, 0.25) is 0 Å². The highest BCUT2D eigenvalue weighted by molar-refractivity contribution is 7.15. The zero-order valence-corrected chi connectivity index (χ0v) is 13.2. The van der Waals surface area contributed by atoms with Crippen molar-refractivity contribution in [1.29, 1.82) is 0 Å². The van der Waals surface area contributed by atoms with Crippen molar-refractivity contribution in [2.45, 2.75) is 45.7 Å². The molecule has 2 aromatic heterocycles. The van der Waals surface area contributed by atoms with Gasteiger partial charge in [0, 0.05) is 30.7 Å². The standard InChI is InChI=1S/C15H24N4S/c1-12(18-6-4-3-5-7-18)10-16-11-14-13(2)17-15-19(14)8-9-20-15/h8-9,12,16H,3-7,10-11H2,1-2H3. The molecule has 0 radical (unpaired) electrons. The van der Waals surface area contributed by atoms with Crippen molar-refractivity contribution in [1.82, 2.24) is 19.6 Å². The molecule has 1 saturated heterocycles. The van der Waals surface area contributed by atoms with E-state index in [2.05, 4.69) is 45.0 Å². The monoisotopic (exact) mass is 292 g/mol. The number of aryl methyl sites for hydroxylation is 1. The number of piperidine rings is 1. The third kappa shape index (κ3) is 2.90. The molecular formula is C15H24N4S. The van der Waals surface area contributed by atoms with Crippen LogP contribution in [0.15, 0.2) is 11.6 Å². The Morgan fingerprint density at radius 2 is 2.15 bits per heavy atom. The van der Waals surface area contributed by atoms with E-state index in [1.165, 1.54) is 38.0 Å². The number of thiazole rings is 1. The topological polar surface area (TPSA) is 32.6 Å². The minimum atomic E-state index is 0.626. The number of rotatable bonds is 5. The lowest BCUT2D eigenvalue weighted by Crippen LogP contribution is -2.43. The fourth-order valence-electron chi connectivity index (χ4n) is 3.04. The van der Waals surface area contributed by atoms with Crippen molar-refractivity contribution in [2.24, 2.45) is 0 Å². The minimum Gasteiger partial charge on any atom is -0.310 e. The zero-order valence-electron chi connectivity index (χ0n) is 12.4. The first-order chi connectivity index (χ1) is 9.75. The summed E-state index contributed by atoms with van der Waals surface area (Å²) in [7, 11) is 0. The Morgan fingerprint density at radius 1 is 1.35 bits per heavy atom. The molecule has 110 valence electrons. The van der Waals surface area contributed by atoms with Crippen LogP contribution in [-0.2, 0) is 6.54 Å². The third-order valence-electron chi connectivity index (χ3n) is 4.31. The van der Waals surface area contributed by atoms with Crippen molar-refractivity contribution >= 4 is 16.3 Å². The molecule has 4 nitrogen and oxygen atoms in total. The van der Waals surface area contributed by atoms with Crippen LogP contribution in [0, 0.1) is 6.92 Å². The first kappa shape index (κ1) is 14.0. The van der Waals surface area contributed by atoms with Gasteiger partial charge in [0.1, 0.15) is 0 Å². The number of aromatic nitrogens is 2. The Morgan fingerprint density at radius 3 is 2.95 bits per heavy atom. The quantitative estimate of drug-likeness (QED) is 0.919. The van der Waals surface area contributed by atoms with E-state index in [1.54, 1.807) is 11.3 Å². The highest BCUT2D eigenvalue weighted by atomic mass is 32.1. The summed E-state index contributed by atoms with van der Waals surface area (Å²) < 4.78 is 2.21. The van der Waals surface area contributed by atoms with Crippen LogP contribution in [0.4, 0.5) is 0 Å². The number of fused-ring (bicyclic) bond motifs is 1. The molecule has 1 atom stereocenters. The molecule has 1 aliphatic rings. The van der Waals surface area contributed by atoms with Crippen molar-refractivity contribution in [3.8, 4) is 0 Å². The lowest BCUT2D eigenvalue weighted by molar-refractivity contribution is 0.170. The summed E-state index contributed by atoms with van der Waals surface area (Å²) in [6.07, 6.45) is 6.25. The molecule has 5 heteroatoms. The third-order valence-corrected chi connectivity index (χ3v) is 5.06. The van der Waals surface area contributed by atoms with Crippen LogP contribution in [0.1, 0.15) is 37.6 Å². The molecule has 0 saturated carbocycles. The van der Waals surface area contributed by atoms with Gasteiger partial charge in [-0.2, -0.15) is 0 Å². The van der Waals surface area contributed by atoms with E-state index >= 15 is 0 Å². The summed E-state index contributed by atoms with van der Waals surface area (Å²) in [5, 5.41) is 5.71. The van der Waals surface area contributed by atoms with Crippen molar-refractivity contribution in [3.05, 3.63) is 23.0 Å². The lowest BCUT2D eigenvalue weighted by Gasteiger charge is -2.32. The Kier molecular flexibility index (Phi) is 4.38. The van der Waals surface area contributed by atoms with Crippen LogP contribution in [0.25, 0.3) is 4.96 Å². The SMILES string of the molecule is Cc1nc2sccn2c1CNCC(C)N1CCCCC1. The number of likely N-dealkylation sites (tertiary alicyclic amines) is 1. The summed E-state index contributed by atoms with van der Waals surface area (Å²) in [5.74, 6) is 0. The van der Waals surface area contributed by atoms with Crippen LogP contribution < -0.4 is 5.32 Å². The van der Waals surface area contributed by atoms with E-state index in [1.807, 2.05) is 0 Å². The Balaban J connectivity index is 1.54. The van der Waals surface area contributed by atoms with Gasteiger partial charge >= 0.3 is 0 Å². The molecule has 1 fully saturated rings. The average Bonchev–Trinajstić information content (AvgIpc) is 3.02. The maximum atomic E-state index is 4.59. The van der Waals surface area contributed by atoms with E-state index in [0.717, 1.165) is 23.7 Å². The maximum absolute atomic E-state index is 4.59. The largest absolute Gasteiger partial charge is 0.310 e. The van der Waals surface area contributed by atoms with Crippen molar-refractivity contribution < 1.29 is 0 Å². The normalized spacial score (nSPS) is 18.7. The number of hydrogen-bond acceptors (Lipinski definition) is 4. The average molecular weight is 292 g/mol. The van der Waals surface area contributed by atoms with Crippen LogP contribution in [0.5, 0.6) is 0 Å². The van der Waals surface area contributed by atoms with Gasteiger partial charge in [0.25, 0.3) is 0 Å². The number of hydrogen-bond donors (Lipinski definition) is 1. The van der Waals surface area contributed by atoms with Gasteiger partial charge in [0.05, 0.1) is 11.4 Å². The summed E-state index contributed by atoms with van der Waals surface area (Å²) in [6.45, 7) is 8.93. The molecular weight excluding hydrogens is 268 g/mol. The van der Waals surface area contributed by atoms with Gasteiger partial charge < -0.3 is 5.32 Å². The second-order valence-electron chi connectivity index (χ2n) is 5.78. The Bertz CT molecular complexity index is 553. The summed E-state index contributed by atoms with van der Waals surface area (Å²) in [6, 6.07) is 0.626. The molecule has 0 spiro atoms. The number of nitrogens with zero attached hydrogens (tertiary/aromatic N) is 3. The second kappa shape index (κ2) is 6.24. The number of nitrogens with one attached hydrogen (secondary N) is 1. The van der Waals surface area contributed by atoms with Gasteiger partial charge in [-0.3, -0.25) is 9.30 Å². The molecule has 0 aromatic carbocycles. The first-order valence-electron chi connectivity index (χ1n) is 7.61. The van der Waals surface area contributed by atoms with E-state index in [0.29, 0.717) is 6.04 Å². The molecule has 3 heterocycles. The van der Waals surface area contributed by atoms with E-state index in [4.69, 9.17) is 0 Å². The summed E-state index contributed by atoms with van der Waals surface area (Å²) in [5.41, 5.74) is 2.45. The lowest BCUT2D eigenvalue weighted by atomic mass is 10.1. The van der Waals surface area contributed by atoms with E-state index in [-0.39, 0.29) is 0 Å². The minimum absolute atomic E-state index is 0.626. The van der Waals surface area contributed by atoms with Gasteiger partial charge in [-0.25, -0.2) is 4.98 Å². The molecule has 20 heavy (non-hydrogen) atoms. The highest BCUT2D eigenvalue weighted by Crippen LogP contribution is 2.16. The van der Waals surface area contributed by atoms with Crippen LogP contribution >= 0.6 is 11.3 Å². The number of imidazole rings is 1. The fourth-order valence-corrected chi connectivity index (χ4v) is 3.82. The van der Waals surface area contributed by atoms with Crippen LogP contribution in [-0.4, -0.2) is 40.0 Å². The molecule has 3 rings (SSSR count). The molecule has 0 amide bonds. The first-order valence-corrected chi connectivity index (χ1v) is 8.49. The van der Waals surface area contributed by atoms with Gasteiger partial charge in [-0.05, 0) is 39.8 Å². The Hall–Kier alpha value is -0.910. The molecule has 1 aliphatic heterocycles. The van der Waals surface area contributed by atoms with Gasteiger partial charge in [0.15, 0.2) is 4.96 Å². The summed E-state index contributed by atoms with van der Waals surface area (Å²) >= 11 is 1.70. The van der Waals surface area contributed by atoms with Crippen LogP contribution in [0.2, 0.25) is 0 Å². The van der Waals surface area contributed by atoms with Crippen molar-refractivity contribution in [3.63, 3.8) is 0 Å². The molecule has 1 unspecified atom stereocenters. The predicted octanol–water partition coefficient (Wildman–Crippen LogP) is 2.67. The fraction of sp³-hybridized carbons (Fsp3) is 0.667. The second-order valence-corrected chi connectivity index (χ2v) is 6.65. The predicted molar refractivity (Wildman–Crippen MR) is 84.4 cm³/mol. The van der Waals surface area contributed by atoms with Gasteiger partial charge in [-0.15, -0.1) is 11.3 Å². The van der Waals surface area contributed by atoms with E-state index in [9.17, 15) is 0 Å². The molecule has 0 aliphatic carbocycles. The highest BCUT2D eigenvalue weighted by Gasteiger charge is 2.16. The van der Waals surface area contributed by atoms with Crippen molar-refractivity contribution in [2.75, 3.05) is 19.6 Å². The zero-order chi connectivity index (χ0) is 13.9. The molecule has 0 bridgehead atoms. The smallest absolute Gasteiger partial charge is 0.194 e. The van der Waals surface area contributed by atoms with E-state index < -0.39 is 0 Å².